The molecule has 2 amide bonds. The third kappa shape index (κ3) is 4.53. The van der Waals surface area contributed by atoms with Gasteiger partial charge >= 0.3 is 6.03 Å². The number of amides is 2. The summed E-state index contributed by atoms with van der Waals surface area (Å²) in [5, 5.41) is 9.59. The standard InChI is InChI=1S/C22H19F2N7O/c1-2-31-12-16(20(30-31)19-8-9-26-21(25)28-19)13-4-3-5-15(10-13)27-22(32)29-18-7-6-14(23)11-17(18)24/h3-12H,2H2,1H3,(H2,25,26,28)(H2,27,29,32). The fourth-order valence-electron chi connectivity index (χ4n) is 3.13. The molecule has 10 heteroatoms. The number of anilines is 3. The predicted octanol–water partition coefficient (Wildman–Crippen LogP) is 4.53. The van der Waals surface area contributed by atoms with Gasteiger partial charge in [0.2, 0.25) is 5.95 Å². The van der Waals surface area contributed by atoms with Gasteiger partial charge in [-0.3, -0.25) is 4.68 Å². The highest BCUT2D eigenvalue weighted by molar-refractivity contribution is 6.00. The van der Waals surface area contributed by atoms with Crippen LogP contribution in [0.2, 0.25) is 0 Å². The second kappa shape index (κ2) is 8.80. The Morgan fingerprint density at radius 2 is 1.97 bits per heavy atom. The van der Waals surface area contributed by atoms with Crippen LogP contribution in [0.25, 0.3) is 22.5 Å². The van der Waals surface area contributed by atoms with Crippen molar-refractivity contribution >= 4 is 23.4 Å². The molecule has 4 N–H and O–H groups in total. The summed E-state index contributed by atoms with van der Waals surface area (Å²) >= 11 is 0. The highest BCUT2D eigenvalue weighted by atomic mass is 19.1. The van der Waals surface area contributed by atoms with Gasteiger partial charge in [0.15, 0.2) is 0 Å². The number of hydrogen-bond acceptors (Lipinski definition) is 5. The molecule has 0 radical (unpaired) electrons. The number of aryl methyl sites for hydroxylation is 1. The molecule has 162 valence electrons. The van der Waals surface area contributed by atoms with Gasteiger partial charge in [0.05, 0.1) is 11.4 Å². The monoisotopic (exact) mass is 435 g/mol. The van der Waals surface area contributed by atoms with Crippen LogP contribution in [-0.4, -0.2) is 25.8 Å². The average Bonchev–Trinajstić information content (AvgIpc) is 3.21. The summed E-state index contributed by atoms with van der Waals surface area (Å²) in [4.78, 5) is 20.5. The Labute approximate surface area is 182 Å². The van der Waals surface area contributed by atoms with Gasteiger partial charge in [-0.15, -0.1) is 0 Å². The van der Waals surface area contributed by atoms with E-state index in [4.69, 9.17) is 5.73 Å². The van der Waals surface area contributed by atoms with E-state index in [0.717, 1.165) is 23.3 Å². The topological polar surface area (TPSA) is 111 Å². The van der Waals surface area contributed by atoms with E-state index in [1.54, 1.807) is 35.1 Å². The van der Waals surface area contributed by atoms with Crippen LogP contribution in [0.15, 0.2) is 60.9 Å². The molecule has 0 saturated heterocycles. The number of benzene rings is 2. The first kappa shape index (κ1) is 20.9. The first-order chi connectivity index (χ1) is 15.4. The van der Waals surface area contributed by atoms with Crippen molar-refractivity contribution in [3.05, 3.63) is 72.6 Å². The molecule has 32 heavy (non-hydrogen) atoms. The van der Waals surface area contributed by atoms with E-state index in [2.05, 4.69) is 25.7 Å². The van der Waals surface area contributed by atoms with Crippen LogP contribution in [0.4, 0.5) is 30.9 Å². The zero-order valence-corrected chi connectivity index (χ0v) is 17.0. The van der Waals surface area contributed by atoms with E-state index in [1.165, 1.54) is 0 Å². The number of nitrogen functional groups attached to an aromatic ring is 1. The molecule has 2 aromatic heterocycles. The lowest BCUT2D eigenvalue weighted by Crippen LogP contribution is -2.20. The van der Waals surface area contributed by atoms with Crippen molar-refractivity contribution < 1.29 is 13.6 Å². The number of hydrogen-bond donors (Lipinski definition) is 3. The molecule has 0 fully saturated rings. The molecule has 0 spiro atoms. The Kier molecular flexibility index (Phi) is 5.75. The maximum absolute atomic E-state index is 13.8. The van der Waals surface area contributed by atoms with Crippen molar-refractivity contribution in [3.8, 4) is 22.5 Å². The van der Waals surface area contributed by atoms with Crippen molar-refractivity contribution in [2.75, 3.05) is 16.4 Å². The second-order valence-corrected chi connectivity index (χ2v) is 6.83. The molecule has 4 rings (SSSR count). The molecule has 0 aliphatic rings. The number of carbonyl (C=O) groups excluding carboxylic acids is 1. The zero-order valence-electron chi connectivity index (χ0n) is 17.0. The lowest BCUT2D eigenvalue weighted by molar-refractivity contribution is 0.262. The molecule has 8 nitrogen and oxygen atoms in total. The van der Waals surface area contributed by atoms with Crippen molar-refractivity contribution in [2.24, 2.45) is 0 Å². The number of aromatic nitrogens is 4. The predicted molar refractivity (Wildman–Crippen MR) is 118 cm³/mol. The lowest BCUT2D eigenvalue weighted by atomic mass is 10.0. The normalized spacial score (nSPS) is 10.7. The number of rotatable bonds is 5. The van der Waals surface area contributed by atoms with Gasteiger partial charge in [-0.2, -0.15) is 5.10 Å². The fraction of sp³-hybridized carbons (Fsp3) is 0.0909. The Bertz CT molecular complexity index is 1290. The van der Waals surface area contributed by atoms with Gasteiger partial charge in [0.1, 0.15) is 17.3 Å². The van der Waals surface area contributed by atoms with Gasteiger partial charge in [0.25, 0.3) is 0 Å². The number of halogens is 2. The van der Waals surface area contributed by atoms with E-state index in [9.17, 15) is 13.6 Å². The Hall–Kier alpha value is -4.34. The number of nitrogens with two attached hydrogens (primary N) is 1. The maximum atomic E-state index is 13.8. The Morgan fingerprint density at radius 1 is 1.12 bits per heavy atom. The molecule has 0 saturated carbocycles. The highest BCUT2D eigenvalue weighted by Crippen LogP contribution is 2.31. The van der Waals surface area contributed by atoms with Crippen molar-refractivity contribution in [1.29, 1.82) is 0 Å². The Morgan fingerprint density at radius 3 is 2.72 bits per heavy atom. The van der Waals surface area contributed by atoms with Gasteiger partial charge in [-0.05, 0) is 42.8 Å². The lowest BCUT2D eigenvalue weighted by Gasteiger charge is -2.10. The van der Waals surface area contributed by atoms with Gasteiger partial charge in [-0.1, -0.05) is 12.1 Å². The number of nitrogens with zero attached hydrogens (tertiary/aromatic N) is 4. The smallest absolute Gasteiger partial charge is 0.323 e. The number of nitrogens with one attached hydrogen (secondary N) is 2. The minimum Gasteiger partial charge on any atom is -0.368 e. The maximum Gasteiger partial charge on any atom is 0.323 e. The van der Waals surface area contributed by atoms with Gasteiger partial charge in [0, 0.05) is 36.3 Å². The summed E-state index contributed by atoms with van der Waals surface area (Å²) in [7, 11) is 0. The molecule has 0 unspecified atom stereocenters. The third-order valence-electron chi connectivity index (χ3n) is 4.61. The van der Waals surface area contributed by atoms with Crippen LogP contribution >= 0.6 is 0 Å². The Balaban J connectivity index is 1.61. The van der Waals surface area contributed by atoms with E-state index >= 15 is 0 Å². The fourth-order valence-corrected chi connectivity index (χ4v) is 3.13. The minimum absolute atomic E-state index is 0.132. The summed E-state index contributed by atoms with van der Waals surface area (Å²) in [5.74, 6) is -1.45. The summed E-state index contributed by atoms with van der Waals surface area (Å²) in [5.41, 5.74) is 8.83. The summed E-state index contributed by atoms with van der Waals surface area (Å²) in [6.45, 7) is 2.61. The quantitative estimate of drug-likeness (QED) is 0.427. The first-order valence-electron chi connectivity index (χ1n) is 9.73. The zero-order chi connectivity index (χ0) is 22.7. The minimum atomic E-state index is -0.866. The molecule has 2 heterocycles. The van der Waals surface area contributed by atoms with E-state index in [0.29, 0.717) is 29.7 Å². The molecule has 0 aliphatic heterocycles. The van der Waals surface area contributed by atoms with Crippen LogP contribution < -0.4 is 16.4 Å². The van der Waals surface area contributed by atoms with Crippen LogP contribution in [0.3, 0.4) is 0 Å². The summed E-state index contributed by atoms with van der Waals surface area (Å²) < 4.78 is 28.6. The third-order valence-corrected chi connectivity index (χ3v) is 4.61. The van der Waals surface area contributed by atoms with Crippen LogP contribution in [-0.2, 0) is 6.54 Å². The van der Waals surface area contributed by atoms with Crippen molar-refractivity contribution in [1.82, 2.24) is 19.7 Å². The summed E-state index contributed by atoms with van der Waals surface area (Å²) in [6.07, 6.45) is 3.43. The van der Waals surface area contributed by atoms with E-state index in [1.807, 2.05) is 19.2 Å². The van der Waals surface area contributed by atoms with E-state index in [-0.39, 0.29) is 11.6 Å². The van der Waals surface area contributed by atoms with Crippen molar-refractivity contribution in [2.45, 2.75) is 13.5 Å². The average molecular weight is 435 g/mol. The van der Waals surface area contributed by atoms with E-state index < -0.39 is 17.7 Å². The molecule has 0 atom stereocenters. The first-order valence-corrected chi connectivity index (χ1v) is 9.73. The SMILES string of the molecule is CCn1cc(-c2cccc(NC(=O)Nc3ccc(F)cc3F)c2)c(-c2ccnc(N)n2)n1. The molecule has 0 aliphatic carbocycles. The summed E-state index contributed by atoms with van der Waals surface area (Å²) in [6, 6.07) is 11.0. The molecule has 4 aromatic rings. The number of urea groups is 1. The second-order valence-electron chi connectivity index (χ2n) is 6.83. The molecule has 2 aromatic carbocycles. The van der Waals surface area contributed by atoms with Gasteiger partial charge < -0.3 is 16.4 Å². The van der Waals surface area contributed by atoms with Crippen molar-refractivity contribution in [3.63, 3.8) is 0 Å². The molecular weight excluding hydrogens is 416 g/mol. The largest absolute Gasteiger partial charge is 0.368 e. The van der Waals surface area contributed by atoms with Crippen LogP contribution in [0.1, 0.15) is 6.92 Å². The molecular formula is C22H19F2N7O. The van der Waals surface area contributed by atoms with Crippen LogP contribution in [0, 0.1) is 11.6 Å². The van der Waals surface area contributed by atoms with Gasteiger partial charge in [-0.25, -0.2) is 23.5 Å². The number of carbonyl (C=O) groups is 1. The van der Waals surface area contributed by atoms with Crippen LogP contribution in [0.5, 0.6) is 0 Å². The highest BCUT2D eigenvalue weighted by Gasteiger charge is 2.15. The molecule has 0 bridgehead atoms.